The van der Waals surface area contributed by atoms with E-state index in [1.165, 1.54) is 6.42 Å². The van der Waals surface area contributed by atoms with Gasteiger partial charge in [0.25, 0.3) is 6.10 Å². The Morgan fingerprint density at radius 3 is 2.14 bits per heavy atom. The van der Waals surface area contributed by atoms with Gasteiger partial charge in [-0.15, -0.1) is 0 Å². The molecule has 202 valence electrons. The smallest absolute Gasteiger partial charge is 0.426 e. The molecule has 36 heavy (non-hydrogen) atoms. The molecule has 1 spiro atoms. The lowest BCUT2D eigenvalue weighted by atomic mass is 9.78. The number of benzene rings is 1. The number of amides is 1. The molecule has 0 bridgehead atoms. The van der Waals surface area contributed by atoms with E-state index in [1.54, 1.807) is 0 Å². The fourth-order valence-electron chi connectivity index (χ4n) is 5.55. The van der Waals surface area contributed by atoms with Crippen molar-refractivity contribution in [3.8, 4) is 0 Å². The fourth-order valence-corrected chi connectivity index (χ4v) is 5.80. The molecule has 1 aromatic rings. The average Bonchev–Trinajstić information content (AvgIpc) is 3.18. The number of nitrogens with zero attached hydrogens (tertiary/aromatic N) is 3. The van der Waals surface area contributed by atoms with Gasteiger partial charge in [0.1, 0.15) is 0 Å². The van der Waals surface area contributed by atoms with Gasteiger partial charge in [0.2, 0.25) is 0 Å². The first-order valence-corrected chi connectivity index (χ1v) is 12.6. The van der Waals surface area contributed by atoms with Gasteiger partial charge in [0, 0.05) is 50.0 Å². The van der Waals surface area contributed by atoms with Gasteiger partial charge in [-0.3, -0.25) is 4.90 Å². The van der Waals surface area contributed by atoms with Crippen LogP contribution in [-0.4, -0.2) is 73.6 Å². The molecule has 0 unspecified atom stereocenters. The summed E-state index contributed by atoms with van der Waals surface area (Å²) < 4.78 is 80.2. The van der Waals surface area contributed by atoms with E-state index < -0.39 is 24.5 Å². The number of carbonyl (C=O) groups excluding carboxylic acids is 1. The molecule has 0 aliphatic carbocycles. The van der Waals surface area contributed by atoms with E-state index in [0.717, 1.165) is 61.6 Å². The zero-order valence-corrected chi connectivity index (χ0v) is 20.6. The van der Waals surface area contributed by atoms with Gasteiger partial charge in [-0.2, -0.15) is 26.3 Å². The maximum absolute atomic E-state index is 12.7. The number of alkyl halides is 6. The first-order chi connectivity index (χ1) is 16.8. The molecule has 3 heterocycles. The first-order valence-electron chi connectivity index (χ1n) is 12.2. The van der Waals surface area contributed by atoms with Crippen LogP contribution in [0.4, 0.5) is 36.8 Å². The van der Waals surface area contributed by atoms with Crippen molar-refractivity contribution in [1.82, 2.24) is 9.80 Å². The quantitative estimate of drug-likeness (QED) is 0.422. The van der Waals surface area contributed by atoms with Crippen LogP contribution in [-0.2, 0) is 11.3 Å². The summed E-state index contributed by atoms with van der Waals surface area (Å²) in [4.78, 5) is 17.7. The van der Waals surface area contributed by atoms with Crippen molar-refractivity contribution < 1.29 is 35.9 Å². The summed E-state index contributed by atoms with van der Waals surface area (Å²) in [5.74, 6) is 0. The lowest BCUT2D eigenvalue weighted by Gasteiger charge is -2.39. The van der Waals surface area contributed by atoms with Gasteiger partial charge in [-0.25, -0.2) is 4.79 Å². The van der Waals surface area contributed by atoms with Gasteiger partial charge in [0.05, 0.1) is 0 Å². The van der Waals surface area contributed by atoms with Crippen molar-refractivity contribution in [3.63, 3.8) is 0 Å². The van der Waals surface area contributed by atoms with Crippen LogP contribution < -0.4 is 4.90 Å². The molecule has 3 aliphatic rings. The van der Waals surface area contributed by atoms with E-state index in [9.17, 15) is 31.1 Å². The summed E-state index contributed by atoms with van der Waals surface area (Å²) in [6, 6.07) is 6.10. The summed E-state index contributed by atoms with van der Waals surface area (Å²) >= 11 is 6.40. The molecule has 0 radical (unpaired) electrons. The highest BCUT2D eigenvalue weighted by Gasteiger charge is 2.60. The maximum Gasteiger partial charge on any atom is 0.434 e. The molecular formula is C24H30ClF6N3O2. The Hall–Kier alpha value is -1.88. The first kappa shape index (κ1) is 27.2. The Bertz CT molecular complexity index is 913. The molecule has 12 heteroatoms. The lowest BCUT2D eigenvalue weighted by Crippen LogP contribution is -2.50. The molecule has 1 amide bonds. The van der Waals surface area contributed by atoms with E-state index in [4.69, 9.17) is 11.6 Å². The SMILES string of the molecule is O=C(OC(C(F)(F)F)C(F)(F)F)N1CCC2(CCN(Cc3cc(Cl)cc(N4CCCCC4)c3)C2)CC1. The highest BCUT2D eigenvalue weighted by molar-refractivity contribution is 6.30. The van der Waals surface area contributed by atoms with Crippen LogP contribution in [0, 0.1) is 5.41 Å². The van der Waals surface area contributed by atoms with Crippen molar-refractivity contribution in [2.75, 3.05) is 44.2 Å². The molecule has 0 atom stereocenters. The molecule has 0 saturated carbocycles. The van der Waals surface area contributed by atoms with Gasteiger partial charge < -0.3 is 14.5 Å². The minimum absolute atomic E-state index is 0.0609. The van der Waals surface area contributed by atoms with E-state index in [1.807, 2.05) is 12.1 Å². The van der Waals surface area contributed by atoms with Crippen LogP contribution in [0.5, 0.6) is 0 Å². The summed E-state index contributed by atoms with van der Waals surface area (Å²) in [5, 5.41) is 0.685. The number of piperidine rings is 2. The summed E-state index contributed by atoms with van der Waals surface area (Å²) in [7, 11) is 0. The third-order valence-corrected chi connectivity index (χ3v) is 7.70. The van der Waals surface area contributed by atoms with Crippen LogP contribution in [0.15, 0.2) is 18.2 Å². The number of hydrogen-bond acceptors (Lipinski definition) is 4. The summed E-state index contributed by atoms with van der Waals surface area (Å²) in [6.07, 6.45) is -11.7. The van der Waals surface area contributed by atoms with Gasteiger partial charge in [-0.05, 0) is 74.2 Å². The number of halogens is 7. The average molecular weight is 542 g/mol. The number of likely N-dealkylation sites (tertiary alicyclic amines) is 2. The van der Waals surface area contributed by atoms with Crippen LogP contribution >= 0.6 is 11.6 Å². The van der Waals surface area contributed by atoms with E-state index in [0.29, 0.717) is 24.4 Å². The molecule has 3 fully saturated rings. The number of ether oxygens (including phenoxy) is 1. The largest absolute Gasteiger partial charge is 0.434 e. The predicted molar refractivity (Wildman–Crippen MR) is 123 cm³/mol. The second kappa shape index (κ2) is 10.5. The van der Waals surface area contributed by atoms with Crippen LogP contribution in [0.2, 0.25) is 5.02 Å². The zero-order valence-electron chi connectivity index (χ0n) is 19.8. The van der Waals surface area contributed by atoms with E-state index in [2.05, 4.69) is 20.6 Å². The van der Waals surface area contributed by atoms with Gasteiger partial charge >= 0.3 is 18.4 Å². The molecule has 5 nitrogen and oxygen atoms in total. The number of carbonyl (C=O) groups is 1. The molecule has 3 saturated heterocycles. The second-order valence-electron chi connectivity index (χ2n) is 10.2. The van der Waals surface area contributed by atoms with Gasteiger partial charge in [0.15, 0.2) is 0 Å². The van der Waals surface area contributed by atoms with E-state index in [-0.39, 0.29) is 18.5 Å². The molecule has 3 aliphatic heterocycles. The Morgan fingerprint density at radius 1 is 0.917 bits per heavy atom. The van der Waals surface area contributed by atoms with Crippen LogP contribution in [0.25, 0.3) is 0 Å². The second-order valence-corrected chi connectivity index (χ2v) is 10.6. The summed E-state index contributed by atoms with van der Waals surface area (Å²) in [6.45, 7) is 4.41. The monoisotopic (exact) mass is 541 g/mol. The lowest BCUT2D eigenvalue weighted by molar-refractivity contribution is -0.308. The molecule has 0 N–H and O–H groups in total. The highest BCUT2D eigenvalue weighted by Crippen LogP contribution is 2.42. The van der Waals surface area contributed by atoms with E-state index >= 15 is 0 Å². The third kappa shape index (κ3) is 6.51. The summed E-state index contributed by atoms with van der Waals surface area (Å²) in [5.41, 5.74) is 2.10. The zero-order chi connectivity index (χ0) is 26.1. The Kier molecular flexibility index (Phi) is 7.90. The van der Waals surface area contributed by atoms with Gasteiger partial charge in [-0.1, -0.05) is 11.6 Å². The normalized spacial score (nSPS) is 21.4. The highest BCUT2D eigenvalue weighted by atomic mass is 35.5. The van der Waals surface area contributed by atoms with Crippen molar-refractivity contribution in [1.29, 1.82) is 0 Å². The van der Waals surface area contributed by atoms with Crippen LogP contribution in [0.3, 0.4) is 0 Å². The van der Waals surface area contributed by atoms with Crippen molar-refractivity contribution >= 4 is 23.4 Å². The number of hydrogen-bond donors (Lipinski definition) is 0. The molecule has 1 aromatic carbocycles. The standard InChI is InChI=1S/C24H30ClF6N3O2/c25-18-12-17(13-19(14-18)33-7-2-1-3-8-33)15-32-9-4-22(16-32)5-10-34(11-6-22)21(35)36-20(23(26,27)28)24(29,30)31/h12-14,20H,1-11,15-16H2. The number of anilines is 1. The Labute approximate surface area is 211 Å². The van der Waals surface area contributed by atoms with Crippen molar-refractivity contribution in [2.24, 2.45) is 5.41 Å². The molecule has 4 rings (SSSR count). The molecular weight excluding hydrogens is 512 g/mol. The minimum Gasteiger partial charge on any atom is -0.426 e. The number of rotatable bonds is 4. The molecule has 0 aromatic heterocycles. The van der Waals surface area contributed by atoms with Crippen molar-refractivity contribution in [2.45, 2.75) is 63.5 Å². The van der Waals surface area contributed by atoms with Crippen molar-refractivity contribution in [3.05, 3.63) is 28.8 Å². The maximum atomic E-state index is 12.7. The Balaban J connectivity index is 1.32. The topological polar surface area (TPSA) is 36.0 Å². The Morgan fingerprint density at radius 2 is 1.53 bits per heavy atom. The predicted octanol–water partition coefficient (Wildman–Crippen LogP) is 6.25. The fraction of sp³-hybridized carbons (Fsp3) is 0.708. The third-order valence-electron chi connectivity index (χ3n) is 7.48. The minimum atomic E-state index is -5.72. The van der Waals surface area contributed by atoms with Crippen LogP contribution in [0.1, 0.15) is 44.1 Å².